The van der Waals surface area contributed by atoms with Crippen molar-refractivity contribution in [2.75, 3.05) is 19.6 Å². The molecule has 3 aromatic rings. The first-order valence-corrected chi connectivity index (χ1v) is 7.17. The summed E-state index contributed by atoms with van der Waals surface area (Å²) in [7, 11) is 3.17. The van der Waals surface area contributed by atoms with Crippen LogP contribution >= 0.6 is 0 Å². The molecule has 0 unspecified atom stereocenters. The highest BCUT2D eigenvalue weighted by Gasteiger charge is 2.08. The molecule has 1 N–H and O–H groups in total. The molecule has 0 aliphatic carbocycles. The number of aromatic nitrogens is 4. The van der Waals surface area contributed by atoms with E-state index in [4.69, 9.17) is 9.47 Å². The fraction of sp³-hybridized carbons (Fsp3) is 0.125. The molecule has 0 saturated carbocycles. The molecular weight excluding hydrogens is 308 g/mol. The van der Waals surface area contributed by atoms with Crippen molar-refractivity contribution < 1.29 is 9.47 Å². The highest BCUT2D eigenvalue weighted by atomic mass is 16.5. The third kappa shape index (κ3) is 3.17. The Morgan fingerprint density at radius 3 is 2.62 bits per heavy atom. The van der Waals surface area contributed by atoms with Gasteiger partial charge in [-0.15, -0.1) is 0 Å². The molecule has 0 spiro atoms. The molecule has 8 heteroatoms. The molecule has 0 bridgehead atoms. The number of benzene rings is 2. The number of nitrogens with one attached hydrogen (secondary N) is 1. The molecule has 1 heterocycles. The van der Waals surface area contributed by atoms with Crippen LogP contribution in [-0.2, 0) is 0 Å². The van der Waals surface area contributed by atoms with Crippen molar-refractivity contribution in [3.8, 4) is 17.2 Å². The van der Waals surface area contributed by atoms with Gasteiger partial charge in [-0.1, -0.05) is 29.4 Å². The summed E-state index contributed by atoms with van der Waals surface area (Å²) in [6, 6.07) is 15.1. The molecule has 0 radical (unpaired) electrons. The second-order valence-electron chi connectivity index (χ2n) is 4.70. The molecule has 3 rings (SSSR count). The number of hydrazone groups is 1. The van der Waals surface area contributed by atoms with Crippen LogP contribution in [0.4, 0.5) is 5.95 Å². The third-order valence-electron chi connectivity index (χ3n) is 3.27. The van der Waals surface area contributed by atoms with Crippen LogP contribution in [-0.4, -0.2) is 40.6 Å². The summed E-state index contributed by atoms with van der Waals surface area (Å²) < 4.78 is 12.2. The number of tetrazole rings is 1. The Labute approximate surface area is 138 Å². The second-order valence-corrected chi connectivity index (χ2v) is 4.70. The SMILES string of the molecule is COc1cccc(C=NNc2nnnn2-c2ccccc2)c1OC. The maximum atomic E-state index is 5.36. The molecule has 8 nitrogen and oxygen atoms in total. The van der Waals surface area contributed by atoms with E-state index in [9.17, 15) is 0 Å². The van der Waals surface area contributed by atoms with Crippen LogP contribution in [0.3, 0.4) is 0 Å². The summed E-state index contributed by atoms with van der Waals surface area (Å²) in [5, 5.41) is 15.7. The van der Waals surface area contributed by atoms with E-state index in [0.717, 1.165) is 11.3 Å². The van der Waals surface area contributed by atoms with E-state index in [1.165, 1.54) is 0 Å². The number of anilines is 1. The zero-order chi connectivity index (χ0) is 16.8. The van der Waals surface area contributed by atoms with E-state index < -0.39 is 0 Å². The average Bonchev–Trinajstić information content (AvgIpc) is 3.10. The first kappa shape index (κ1) is 15.5. The molecular formula is C16H16N6O2. The molecule has 0 atom stereocenters. The number of ether oxygens (including phenoxy) is 2. The van der Waals surface area contributed by atoms with Crippen molar-refractivity contribution in [3.05, 3.63) is 54.1 Å². The molecule has 0 saturated heterocycles. The van der Waals surface area contributed by atoms with Gasteiger partial charge in [0, 0.05) is 5.56 Å². The van der Waals surface area contributed by atoms with Crippen molar-refractivity contribution in [3.63, 3.8) is 0 Å². The fourth-order valence-corrected chi connectivity index (χ4v) is 2.17. The Morgan fingerprint density at radius 2 is 1.88 bits per heavy atom. The van der Waals surface area contributed by atoms with Crippen LogP contribution in [0.15, 0.2) is 53.6 Å². The lowest BCUT2D eigenvalue weighted by Crippen LogP contribution is -2.03. The van der Waals surface area contributed by atoms with Crippen LogP contribution in [0.25, 0.3) is 5.69 Å². The van der Waals surface area contributed by atoms with Crippen molar-refractivity contribution in [2.45, 2.75) is 0 Å². The van der Waals surface area contributed by atoms with Crippen LogP contribution in [0, 0.1) is 0 Å². The predicted molar refractivity (Wildman–Crippen MR) is 89.9 cm³/mol. The van der Waals surface area contributed by atoms with Crippen molar-refractivity contribution in [1.82, 2.24) is 20.2 Å². The lowest BCUT2D eigenvalue weighted by atomic mass is 10.2. The van der Waals surface area contributed by atoms with Crippen LogP contribution in [0.2, 0.25) is 0 Å². The summed E-state index contributed by atoms with van der Waals surface area (Å²) in [6.45, 7) is 0. The quantitative estimate of drug-likeness (QED) is 0.552. The van der Waals surface area contributed by atoms with Gasteiger partial charge in [0.25, 0.3) is 5.95 Å². The maximum absolute atomic E-state index is 5.36. The van der Waals surface area contributed by atoms with Gasteiger partial charge in [0.15, 0.2) is 11.5 Å². The Balaban J connectivity index is 1.80. The van der Waals surface area contributed by atoms with E-state index in [1.807, 2.05) is 48.5 Å². The lowest BCUT2D eigenvalue weighted by molar-refractivity contribution is 0.354. The topological polar surface area (TPSA) is 86.5 Å². The number of hydrogen-bond donors (Lipinski definition) is 1. The van der Waals surface area contributed by atoms with E-state index in [1.54, 1.807) is 25.1 Å². The average molecular weight is 324 g/mol. The standard InChI is InChI=1S/C16H16N6O2/c1-23-14-10-6-7-12(15(14)24-2)11-17-18-16-19-20-21-22(16)13-8-4-3-5-9-13/h3-11H,1-2H3,(H,18,19,21). The minimum absolute atomic E-state index is 0.402. The Morgan fingerprint density at radius 1 is 1.04 bits per heavy atom. The van der Waals surface area contributed by atoms with Gasteiger partial charge in [-0.05, 0) is 34.7 Å². The van der Waals surface area contributed by atoms with Crippen LogP contribution in [0.1, 0.15) is 5.56 Å². The summed E-state index contributed by atoms with van der Waals surface area (Å²) in [5.41, 5.74) is 4.43. The van der Waals surface area contributed by atoms with Crippen molar-refractivity contribution >= 4 is 12.2 Å². The Kier molecular flexibility index (Phi) is 4.66. The molecule has 24 heavy (non-hydrogen) atoms. The zero-order valence-electron chi connectivity index (χ0n) is 13.2. The highest BCUT2D eigenvalue weighted by Crippen LogP contribution is 2.29. The van der Waals surface area contributed by atoms with Gasteiger partial charge in [-0.25, -0.2) is 5.43 Å². The summed E-state index contributed by atoms with van der Waals surface area (Å²) in [6.07, 6.45) is 1.62. The predicted octanol–water partition coefficient (Wildman–Crippen LogP) is 2.13. The molecule has 2 aromatic carbocycles. The van der Waals surface area contributed by atoms with E-state index in [2.05, 4.69) is 26.1 Å². The Bertz CT molecular complexity index is 832. The Hall–Kier alpha value is -3.42. The molecule has 1 aromatic heterocycles. The maximum Gasteiger partial charge on any atom is 0.268 e. The van der Waals surface area contributed by atoms with Gasteiger partial charge in [-0.2, -0.15) is 9.78 Å². The van der Waals surface area contributed by atoms with E-state index in [0.29, 0.717) is 17.4 Å². The first-order chi connectivity index (χ1) is 11.8. The van der Waals surface area contributed by atoms with E-state index >= 15 is 0 Å². The van der Waals surface area contributed by atoms with Gasteiger partial charge in [0.2, 0.25) is 0 Å². The number of hydrogen-bond acceptors (Lipinski definition) is 7. The van der Waals surface area contributed by atoms with Gasteiger partial charge in [-0.3, -0.25) is 0 Å². The summed E-state index contributed by atoms with van der Waals surface area (Å²) in [4.78, 5) is 0. The van der Waals surface area contributed by atoms with Crippen molar-refractivity contribution in [2.24, 2.45) is 5.10 Å². The highest BCUT2D eigenvalue weighted by molar-refractivity contribution is 5.85. The third-order valence-corrected chi connectivity index (χ3v) is 3.27. The van der Waals surface area contributed by atoms with Gasteiger partial charge in [0.05, 0.1) is 26.1 Å². The van der Waals surface area contributed by atoms with Crippen molar-refractivity contribution in [1.29, 1.82) is 0 Å². The minimum Gasteiger partial charge on any atom is -0.493 e. The lowest BCUT2D eigenvalue weighted by Gasteiger charge is -2.09. The molecule has 0 amide bonds. The normalized spacial score (nSPS) is 10.8. The van der Waals surface area contributed by atoms with Gasteiger partial charge in [0.1, 0.15) is 0 Å². The zero-order valence-corrected chi connectivity index (χ0v) is 13.2. The number of nitrogens with zero attached hydrogens (tertiary/aromatic N) is 5. The molecule has 0 fully saturated rings. The first-order valence-electron chi connectivity index (χ1n) is 7.17. The minimum atomic E-state index is 0.402. The second kappa shape index (κ2) is 7.23. The molecule has 0 aliphatic rings. The summed E-state index contributed by atoms with van der Waals surface area (Å²) in [5.74, 6) is 1.64. The fourth-order valence-electron chi connectivity index (χ4n) is 2.17. The number of methoxy groups -OCH3 is 2. The van der Waals surface area contributed by atoms with Gasteiger partial charge < -0.3 is 9.47 Å². The molecule has 0 aliphatic heterocycles. The number of rotatable bonds is 6. The summed E-state index contributed by atoms with van der Waals surface area (Å²) >= 11 is 0. The number of para-hydroxylation sites is 2. The molecule has 122 valence electrons. The van der Waals surface area contributed by atoms with E-state index in [-0.39, 0.29) is 0 Å². The van der Waals surface area contributed by atoms with Crippen LogP contribution in [0.5, 0.6) is 11.5 Å². The largest absolute Gasteiger partial charge is 0.493 e. The smallest absolute Gasteiger partial charge is 0.268 e. The van der Waals surface area contributed by atoms with Gasteiger partial charge >= 0.3 is 0 Å². The van der Waals surface area contributed by atoms with Crippen LogP contribution < -0.4 is 14.9 Å². The monoisotopic (exact) mass is 324 g/mol.